The third-order valence-electron chi connectivity index (χ3n) is 3.46. The Morgan fingerprint density at radius 1 is 1.39 bits per heavy atom. The van der Waals surface area contributed by atoms with E-state index in [4.69, 9.17) is 4.42 Å². The first kappa shape index (κ1) is 13.6. The minimum absolute atomic E-state index is 0.148. The van der Waals surface area contributed by atoms with E-state index < -0.39 is 0 Å². The van der Waals surface area contributed by atoms with Crippen LogP contribution in [-0.2, 0) is 13.1 Å². The highest BCUT2D eigenvalue weighted by molar-refractivity contribution is 5.17. The molecule has 0 atom stereocenters. The molecule has 0 amide bonds. The van der Waals surface area contributed by atoms with Crippen molar-refractivity contribution in [2.75, 3.05) is 6.54 Å². The Hall–Kier alpha value is -0.800. The van der Waals surface area contributed by atoms with Crippen molar-refractivity contribution < 1.29 is 4.42 Å². The minimum atomic E-state index is 0.148. The molecule has 1 N–H and O–H groups in total. The third-order valence-corrected chi connectivity index (χ3v) is 3.46. The molecule has 1 aliphatic carbocycles. The van der Waals surface area contributed by atoms with E-state index in [0.29, 0.717) is 0 Å². The van der Waals surface area contributed by atoms with Crippen molar-refractivity contribution in [2.24, 2.45) is 0 Å². The van der Waals surface area contributed by atoms with Crippen LogP contribution in [0.4, 0.5) is 0 Å². The number of nitrogens with zero attached hydrogens (tertiary/aromatic N) is 1. The van der Waals surface area contributed by atoms with Crippen molar-refractivity contribution in [1.82, 2.24) is 10.2 Å². The zero-order chi connectivity index (χ0) is 13.2. The summed E-state index contributed by atoms with van der Waals surface area (Å²) in [6.45, 7) is 11.7. The second-order valence-corrected chi connectivity index (χ2v) is 6.27. The summed E-state index contributed by atoms with van der Waals surface area (Å²) in [6.07, 6.45) is 4.52. The summed E-state index contributed by atoms with van der Waals surface area (Å²) in [7, 11) is 0. The van der Waals surface area contributed by atoms with Crippen LogP contribution in [0.25, 0.3) is 0 Å². The maximum atomic E-state index is 5.66. The van der Waals surface area contributed by atoms with E-state index in [2.05, 4.69) is 44.0 Å². The largest absolute Gasteiger partial charge is 0.468 e. The maximum absolute atomic E-state index is 5.66. The van der Waals surface area contributed by atoms with E-state index in [-0.39, 0.29) is 5.54 Å². The van der Waals surface area contributed by atoms with Gasteiger partial charge in [0.25, 0.3) is 0 Å². The molecule has 1 fully saturated rings. The van der Waals surface area contributed by atoms with Gasteiger partial charge in [0.1, 0.15) is 5.76 Å². The monoisotopic (exact) mass is 250 g/mol. The predicted molar refractivity (Wildman–Crippen MR) is 74.4 cm³/mol. The summed E-state index contributed by atoms with van der Waals surface area (Å²) in [4.78, 5) is 2.51. The lowest BCUT2D eigenvalue weighted by Gasteiger charge is -2.22. The molecule has 1 aliphatic rings. The van der Waals surface area contributed by atoms with Gasteiger partial charge in [-0.05, 0) is 46.2 Å². The molecule has 1 aromatic heterocycles. The van der Waals surface area contributed by atoms with Crippen molar-refractivity contribution in [2.45, 2.75) is 65.2 Å². The van der Waals surface area contributed by atoms with E-state index in [0.717, 1.165) is 31.4 Å². The summed E-state index contributed by atoms with van der Waals surface area (Å²) in [6, 6.07) is 2.89. The first-order valence-electron chi connectivity index (χ1n) is 7.04. The Balaban J connectivity index is 1.94. The van der Waals surface area contributed by atoms with Crippen molar-refractivity contribution in [1.29, 1.82) is 0 Å². The van der Waals surface area contributed by atoms with Gasteiger partial charge in [-0.15, -0.1) is 0 Å². The zero-order valence-corrected chi connectivity index (χ0v) is 12.1. The van der Waals surface area contributed by atoms with Gasteiger partial charge < -0.3 is 9.73 Å². The molecular formula is C15H26N2O. The van der Waals surface area contributed by atoms with Crippen LogP contribution in [0.2, 0.25) is 0 Å². The highest BCUT2D eigenvalue weighted by Gasteiger charge is 2.28. The molecule has 3 nitrogen and oxygen atoms in total. The molecule has 2 rings (SSSR count). The van der Waals surface area contributed by atoms with Crippen LogP contribution in [0.1, 0.15) is 51.9 Å². The fraction of sp³-hybridized carbons (Fsp3) is 0.733. The second-order valence-electron chi connectivity index (χ2n) is 6.27. The normalized spacial score (nSPS) is 16.5. The topological polar surface area (TPSA) is 28.4 Å². The molecule has 102 valence electrons. The summed E-state index contributed by atoms with van der Waals surface area (Å²) < 4.78 is 5.66. The Kier molecular flexibility index (Phi) is 4.13. The lowest BCUT2D eigenvalue weighted by molar-refractivity contribution is 0.244. The molecular weight excluding hydrogens is 224 g/mol. The van der Waals surface area contributed by atoms with Gasteiger partial charge in [0.15, 0.2) is 0 Å². The van der Waals surface area contributed by atoms with Crippen LogP contribution in [0.3, 0.4) is 0 Å². The SMILES string of the molecule is CCN(Cc1occc1CNC(C)(C)C)C1CC1. The van der Waals surface area contributed by atoms with Crippen LogP contribution < -0.4 is 5.32 Å². The Morgan fingerprint density at radius 2 is 2.11 bits per heavy atom. The summed E-state index contributed by atoms with van der Waals surface area (Å²) >= 11 is 0. The van der Waals surface area contributed by atoms with Crippen molar-refractivity contribution in [3.8, 4) is 0 Å². The fourth-order valence-corrected chi connectivity index (χ4v) is 2.15. The van der Waals surface area contributed by atoms with Gasteiger partial charge in [0.05, 0.1) is 12.8 Å². The summed E-state index contributed by atoms with van der Waals surface area (Å²) in [5, 5.41) is 3.52. The van der Waals surface area contributed by atoms with Gasteiger partial charge >= 0.3 is 0 Å². The summed E-state index contributed by atoms with van der Waals surface area (Å²) in [5.74, 6) is 1.13. The van der Waals surface area contributed by atoms with E-state index in [1.165, 1.54) is 18.4 Å². The van der Waals surface area contributed by atoms with Gasteiger partial charge in [-0.2, -0.15) is 0 Å². The van der Waals surface area contributed by atoms with Crippen LogP contribution in [0, 0.1) is 0 Å². The average Bonchev–Trinajstić information content (AvgIpc) is 3.03. The molecule has 0 radical (unpaired) electrons. The highest BCUT2D eigenvalue weighted by Crippen LogP contribution is 2.28. The van der Waals surface area contributed by atoms with E-state index >= 15 is 0 Å². The predicted octanol–water partition coefficient (Wildman–Crippen LogP) is 3.15. The third kappa shape index (κ3) is 3.85. The van der Waals surface area contributed by atoms with Gasteiger partial charge in [0.2, 0.25) is 0 Å². The molecule has 1 saturated carbocycles. The average molecular weight is 250 g/mol. The lowest BCUT2D eigenvalue weighted by atomic mass is 10.1. The molecule has 1 aromatic rings. The lowest BCUT2D eigenvalue weighted by Crippen LogP contribution is -2.35. The second kappa shape index (κ2) is 5.45. The number of nitrogens with one attached hydrogen (secondary N) is 1. The molecule has 0 spiro atoms. The van der Waals surface area contributed by atoms with E-state index in [1.54, 1.807) is 0 Å². The quantitative estimate of drug-likeness (QED) is 0.840. The number of furan rings is 1. The Labute approximate surface area is 111 Å². The van der Waals surface area contributed by atoms with Gasteiger partial charge in [0, 0.05) is 23.7 Å². The molecule has 1 heterocycles. The van der Waals surface area contributed by atoms with Crippen molar-refractivity contribution in [3.63, 3.8) is 0 Å². The molecule has 18 heavy (non-hydrogen) atoms. The first-order chi connectivity index (χ1) is 8.49. The van der Waals surface area contributed by atoms with Gasteiger partial charge in [-0.3, -0.25) is 4.90 Å². The van der Waals surface area contributed by atoms with E-state index in [1.807, 2.05) is 6.26 Å². The number of rotatable bonds is 6. The fourth-order valence-electron chi connectivity index (χ4n) is 2.15. The molecule has 0 unspecified atom stereocenters. The zero-order valence-electron chi connectivity index (χ0n) is 12.1. The molecule has 0 saturated heterocycles. The number of hydrogen-bond donors (Lipinski definition) is 1. The number of hydrogen-bond acceptors (Lipinski definition) is 3. The van der Waals surface area contributed by atoms with Crippen molar-refractivity contribution >= 4 is 0 Å². The molecule has 0 aliphatic heterocycles. The van der Waals surface area contributed by atoms with E-state index in [9.17, 15) is 0 Å². The Morgan fingerprint density at radius 3 is 2.67 bits per heavy atom. The first-order valence-corrected chi connectivity index (χ1v) is 7.04. The minimum Gasteiger partial charge on any atom is -0.468 e. The smallest absolute Gasteiger partial charge is 0.122 e. The van der Waals surface area contributed by atoms with Gasteiger partial charge in [-0.1, -0.05) is 6.92 Å². The molecule has 0 aromatic carbocycles. The van der Waals surface area contributed by atoms with Crippen LogP contribution >= 0.6 is 0 Å². The van der Waals surface area contributed by atoms with Crippen LogP contribution in [0.15, 0.2) is 16.7 Å². The Bertz CT molecular complexity index is 374. The maximum Gasteiger partial charge on any atom is 0.122 e. The van der Waals surface area contributed by atoms with Crippen LogP contribution in [-0.4, -0.2) is 23.0 Å². The molecule has 3 heteroatoms. The van der Waals surface area contributed by atoms with Gasteiger partial charge in [-0.25, -0.2) is 0 Å². The van der Waals surface area contributed by atoms with Crippen LogP contribution in [0.5, 0.6) is 0 Å². The molecule has 0 bridgehead atoms. The van der Waals surface area contributed by atoms with Crippen molar-refractivity contribution in [3.05, 3.63) is 23.7 Å². The standard InChI is InChI=1S/C15H26N2O/c1-5-17(13-6-7-13)11-14-12(8-9-18-14)10-16-15(2,3)4/h8-9,13,16H,5-7,10-11H2,1-4H3. The highest BCUT2D eigenvalue weighted by atomic mass is 16.3. The summed E-state index contributed by atoms with van der Waals surface area (Å²) in [5.41, 5.74) is 1.44.